The van der Waals surface area contributed by atoms with Crippen LogP contribution in [0.5, 0.6) is 0 Å². The molecule has 0 aliphatic rings. The maximum atomic E-state index is 12.9. The van der Waals surface area contributed by atoms with Crippen molar-refractivity contribution in [2.75, 3.05) is 5.32 Å². The summed E-state index contributed by atoms with van der Waals surface area (Å²) in [5.41, 5.74) is 4.77. The Morgan fingerprint density at radius 1 is 1.15 bits per heavy atom. The van der Waals surface area contributed by atoms with Crippen molar-refractivity contribution >= 4 is 22.5 Å². The molecule has 0 aliphatic carbocycles. The van der Waals surface area contributed by atoms with E-state index in [0.29, 0.717) is 17.7 Å². The summed E-state index contributed by atoms with van der Waals surface area (Å²) in [6, 6.07) is 9.45. The Morgan fingerprint density at radius 2 is 1.92 bits per heavy atom. The van der Waals surface area contributed by atoms with Gasteiger partial charge in [-0.2, -0.15) is 0 Å². The van der Waals surface area contributed by atoms with E-state index in [4.69, 9.17) is 0 Å². The van der Waals surface area contributed by atoms with Gasteiger partial charge in [0.2, 0.25) is 5.91 Å². The highest BCUT2D eigenvalue weighted by Gasteiger charge is 2.13. The third-order valence-electron chi connectivity index (χ3n) is 4.53. The average Bonchev–Trinajstić information content (AvgIpc) is 2.60. The first kappa shape index (κ1) is 17.9. The molecule has 2 aromatic heterocycles. The highest BCUT2D eigenvalue weighted by atomic mass is 16.1. The Hall–Kier alpha value is -2.95. The maximum absolute atomic E-state index is 12.9. The van der Waals surface area contributed by atoms with E-state index < -0.39 is 0 Å². The minimum Gasteiger partial charge on any atom is -0.326 e. The maximum Gasteiger partial charge on any atom is 0.258 e. The molecule has 1 N–H and O–H groups in total. The predicted octanol–water partition coefficient (Wildman–Crippen LogP) is 3.96. The number of hydrogen-bond donors (Lipinski definition) is 1. The topological polar surface area (TPSA) is 64.0 Å². The molecule has 1 aromatic carbocycles. The number of amides is 1. The fourth-order valence-electron chi connectivity index (χ4n) is 3.10. The molecule has 0 unspecified atom stereocenters. The summed E-state index contributed by atoms with van der Waals surface area (Å²) in [6.07, 6.45) is 3.06. The number of anilines is 1. The number of aromatic nitrogens is 2. The minimum atomic E-state index is -0.0664. The molecular weight excluding hydrogens is 326 g/mol. The lowest BCUT2D eigenvalue weighted by Gasteiger charge is -2.13. The molecule has 3 aromatic rings. The van der Waals surface area contributed by atoms with Crippen LogP contribution in [0.1, 0.15) is 31.0 Å². The molecule has 0 saturated carbocycles. The quantitative estimate of drug-likeness (QED) is 0.775. The molecule has 5 nitrogen and oxygen atoms in total. The van der Waals surface area contributed by atoms with Gasteiger partial charge in [0.25, 0.3) is 5.56 Å². The van der Waals surface area contributed by atoms with Crippen LogP contribution in [0.4, 0.5) is 5.69 Å². The molecule has 3 rings (SSSR count). The molecule has 0 saturated heterocycles. The van der Waals surface area contributed by atoms with Crippen molar-refractivity contribution in [3.63, 3.8) is 0 Å². The Labute approximate surface area is 152 Å². The molecule has 1 amide bonds. The van der Waals surface area contributed by atoms with E-state index in [-0.39, 0.29) is 11.5 Å². The van der Waals surface area contributed by atoms with Crippen LogP contribution >= 0.6 is 0 Å². The van der Waals surface area contributed by atoms with Gasteiger partial charge in [-0.05, 0) is 55.7 Å². The smallest absolute Gasteiger partial charge is 0.258 e. The number of fused-ring (bicyclic) bond motifs is 1. The molecule has 2 heterocycles. The lowest BCUT2D eigenvalue weighted by atomic mass is 9.99. The van der Waals surface area contributed by atoms with Gasteiger partial charge in [0, 0.05) is 42.0 Å². The number of pyridine rings is 2. The fourth-order valence-corrected chi connectivity index (χ4v) is 3.10. The van der Waals surface area contributed by atoms with E-state index in [9.17, 15) is 9.59 Å². The van der Waals surface area contributed by atoms with Gasteiger partial charge in [0.1, 0.15) is 0 Å². The third-order valence-corrected chi connectivity index (χ3v) is 4.53. The Balaban J connectivity index is 2.14. The molecule has 0 atom stereocenters. The van der Waals surface area contributed by atoms with Crippen LogP contribution in [0.25, 0.3) is 22.0 Å². The number of carbonyl (C=O) groups is 1. The molecule has 0 radical (unpaired) electrons. The molecule has 0 bridgehead atoms. The van der Waals surface area contributed by atoms with Gasteiger partial charge in [-0.1, -0.05) is 13.0 Å². The van der Waals surface area contributed by atoms with Crippen LogP contribution in [0, 0.1) is 13.8 Å². The number of aryl methyl sites for hydroxylation is 3. The average molecular weight is 349 g/mol. The molecule has 0 aliphatic heterocycles. The molecular formula is C21H23N3O2. The normalized spacial score (nSPS) is 10.9. The molecule has 0 spiro atoms. The van der Waals surface area contributed by atoms with E-state index in [1.165, 1.54) is 0 Å². The van der Waals surface area contributed by atoms with Crippen molar-refractivity contribution in [2.45, 2.75) is 33.6 Å². The molecule has 0 fully saturated rings. The SMILES string of the molecule is CCCC(=O)Nc1ccc(C)c(-c2cc3cnc(C)cc3n(C)c2=O)c1. The number of rotatable bonds is 4. The summed E-state index contributed by atoms with van der Waals surface area (Å²) in [5, 5.41) is 3.81. The van der Waals surface area contributed by atoms with E-state index in [2.05, 4.69) is 10.3 Å². The van der Waals surface area contributed by atoms with E-state index in [0.717, 1.165) is 34.1 Å². The first-order chi connectivity index (χ1) is 12.4. The highest BCUT2D eigenvalue weighted by Crippen LogP contribution is 2.27. The van der Waals surface area contributed by atoms with Gasteiger partial charge in [0.15, 0.2) is 0 Å². The number of hydrogen-bond acceptors (Lipinski definition) is 3. The Kier molecular flexibility index (Phi) is 4.89. The first-order valence-electron chi connectivity index (χ1n) is 8.78. The van der Waals surface area contributed by atoms with Crippen LogP contribution in [-0.2, 0) is 11.8 Å². The summed E-state index contributed by atoms with van der Waals surface area (Å²) in [5.74, 6) is -0.0200. The van der Waals surface area contributed by atoms with E-state index in [1.807, 2.05) is 51.1 Å². The summed E-state index contributed by atoms with van der Waals surface area (Å²) in [4.78, 5) is 29.2. The number of carbonyl (C=O) groups excluding carboxylic acids is 1. The zero-order valence-corrected chi connectivity index (χ0v) is 15.6. The van der Waals surface area contributed by atoms with Gasteiger partial charge in [-0.3, -0.25) is 14.6 Å². The van der Waals surface area contributed by atoms with E-state index >= 15 is 0 Å². The van der Waals surface area contributed by atoms with Gasteiger partial charge in [0.05, 0.1) is 5.52 Å². The van der Waals surface area contributed by atoms with Crippen molar-refractivity contribution in [3.8, 4) is 11.1 Å². The lowest BCUT2D eigenvalue weighted by Crippen LogP contribution is -2.19. The molecule has 26 heavy (non-hydrogen) atoms. The zero-order valence-electron chi connectivity index (χ0n) is 15.6. The van der Waals surface area contributed by atoms with Gasteiger partial charge >= 0.3 is 0 Å². The number of nitrogens with one attached hydrogen (secondary N) is 1. The van der Waals surface area contributed by atoms with Crippen molar-refractivity contribution in [1.29, 1.82) is 0 Å². The fraction of sp³-hybridized carbons (Fsp3) is 0.286. The summed E-state index contributed by atoms with van der Waals surface area (Å²) < 4.78 is 1.65. The standard InChI is InChI=1S/C21H23N3O2/c1-5-6-20(25)23-16-8-7-13(2)17(11-16)18-10-15-12-22-14(3)9-19(15)24(4)21(18)26/h7-12H,5-6H2,1-4H3,(H,23,25). The van der Waals surface area contributed by atoms with Crippen LogP contribution in [-0.4, -0.2) is 15.5 Å². The van der Waals surface area contributed by atoms with Crippen molar-refractivity contribution < 1.29 is 4.79 Å². The second kappa shape index (κ2) is 7.12. The van der Waals surface area contributed by atoms with Crippen LogP contribution in [0.3, 0.4) is 0 Å². The van der Waals surface area contributed by atoms with Crippen molar-refractivity contribution in [1.82, 2.24) is 9.55 Å². The minimum absolute atomic E-state index is 0.0200. The highest BCUT2D eigenvalue weighted by molar-refractivity contribution is 5.92. The first-order valence-corrected chi connectivity index (χ1v) is 8.78. The van der Waals surface area contributed by atoms with Crippen LogP contribution < -0.4 is 10.9 Å². The van der Waals surface area contributed by atoms with Gasteiger partial charge in [-0.25, -0.2) is 0 Å². The van der Waals surface area contributed by atoms with Crippen LogP contribution in [0.2, 0.25) is 0 Å². The molecule has 134 valence electrons. The Bertz CT molecular complexity index is 1050. The number of benzene rings is 1. The largest absolute Gasteiger partial charge is 0.326 e. The van der Waals surface area contributed by atoms with Crippen LogP contribution in [0.15, 0.2) is 41.3 Å². The monoisotopic (exact) mass is 349 g/mol. The second-order valence-electron chi connectivity index (χ2n) is 6.63. The van der Waals surface area contributed by atoms with Gasteiger partial charge < -0.3 is 9.88 Å². The summed E-state index contributed by atoms with van der Waals surface area (Å²) in [7, 11) is 1.77. The van der Waals surface area contributed by atoms with E-state index in [1.54, 1.807) is 17.8 Å². The summed E-state index contributed by atoms with van der Waals surface area (Å²) >= 11 is 0. The predicted molar refractivity (Wildman–Crippen MR) is 105 cm³/mol. The molecule has 5 heteroatoms. The third kappa shape index (κ3) is 3.38. The second-order valence-corrected chi connectivity index (χ2v) is 6.63. The van der Waals surface area contributed by atoms with Crippen molar-refractivity contribution in [3.05, 3.63) is 58.1 Å². The Morgan fingerprint density at radius 3 is 2.65 bits per heavy atom. The number of nitrogens with zero attached hydrogens (tertiary/aromatic N) is 2. The van der Waals surface area contributed by atoms with Crippen molar-refractivity contribution in [2.24, 2.45) is 7.05 Å². The lowest BCUT2D eigenvalue weighted by molar-refractivity contribution is -0.116. The zero-order chi connectivity index (χ0) is 18.8. The summed E-state index contributed by atoms with van der Waals surface area (Å²) in [6.45, 7) is 5.84. The van der Waals surface area contributed by atoms with Gasteiger partial charge in [-0.15, -0.1) is 0 Å².